The smallest absolute Gasteiger partial charge is 0.216 e. The third-order valence-corrected chi connectivity index (χ3v) is 4.48. The number of nitrogens with one attached hydrogen (secondary N) is 2. The number of carbonyl (C=O) groups excluding carboxylic acids is 2. The maximum atomic E-state index is 11.2. The Kier molecular flexibility index (Phi) is 3.67. The van der Waals surface area contributed by atoms with Crippen LogP contribution in [0.2, 0.25) is 0 Å². The van der Waals surface area contributed by atoms with Gasteiger partial charge in [-0.2, -0.15) is 0 Å². The zero-order chi connectivity index (χ0) is 16.1. The summed E-state index contributed by atoms with van der Waals surface area (Å²) in [6.07, 6.45) is -0.781. The van der Waals surface area contributed by atoms with Crippen molar-refractivity contribution in [2.45, 2.75) is 57.6 Å². The van der Waals surface area contributed by atoms with Gasteiger partial charge in [-0.05, 0) is 13.8 Å². The van der Waals surface area contributed by atoms with Gasteiger partial charge in [-0.3, -0.25) is 9.59 Å². The van der Waals surface area contributed by atoms with E-state index in [9.17, 15) is 9.59 Å². The fourth-order valence-electron chi connectivity index (χ4n) is 3.40. The van der Waals surface area contributed by atoms with E-state index in [2.05, 4.69) is 15.5 Å². The summed E-state index contributed by atoms with van der Waals surface area (Å²) in [5.74, 6) is -0.215. The minimum Gasteiger partial charge on any atom is -0.356 e. The summed E-state index contributed by atoms with van der Waals surface area (Å²) in [6, 6.07) is 0. The van der Waals surface area contributed by atoms with E-state index < -0.39 is 11.2 Å². The van der Waals surface area contributed by atoms with E-state index in [0.29, 0.717) is 19.7 Å². The number of rotatable bonds is 4. The van der Waals surface area contributed by atoms with Crippen molar-refractivity contribution in [1.82, 2.24) is 15.5 Å². The maximum Gasteiger partial charge on any atom is 0.216 e. The molecule has 0 aromatic rings. The summed E-state index contributed by atoms with van der Waals surface area (Å²) in [5.41, 5.74) is -1.29. The quantitative estimate of drug-likeness (QED) is 0.703. The molecule has 124 valence electrons. The van der Waals surface area contributed by atoms with Crippen molar-refractivity contribution >= 4 is 11.8 Å². The SMILES string of the molecule is CC(=O)NC[C@@]1(C)O[C@H]2CO[C@@H]3N2[C@H]1O[C@]3(C)CNC(C)=O. The number of ether oxygens (including phenoxy) is 3. The van der Waals surface area contributed by atoms with Gasteiger partial charge < -0.3 is 24.8 Å². The van der Waals surface area contributed by atoms with Crippen LogP contribution in [-0.2, 0) is 23.8 Å². The van der Waals surface area contributed by atoms with Crippen molar-refractivity contribution < 1.29 is 23.8 Å². The second-order valence-electron chi connectivity index (χ2n) is 6.62. The highest BCUT2D eigenvalue weighted by molar-refractivity contribution is 5.73. The molecule has 0 saturated carbocycles. The van der Waals surface area contributed by atoms with Gasteiger partial charge in [0.15, 0.2) is 0 Å². The van der Waals surface area contributed by atoms with Gasteiger partial charge in [0, 0.05) is 13.8 Å². The molecule has 0 aliphatic carbocycles. The Morgan fingerprint density at radius 1 is 1.05 bits per heavy atom. The molecular formula is C14H23N3O5. The molecule has 8 heteroatoms. The Hall–Kier alpha value is -1.22. The topological polar surface area (TPSA) is 89.1 Å². The molecule has 2 amide bonds. The van der Waals surface area contributed by atoms with Crippen molar-refractivity contribution in [3.05, 3.63) is 0 Å². The molecule has 3 fully saturated rings. The molecule has 0 aromatic heterocycles. The number of nitrogens with zero attached hydrogens (tertiary/aromatic N) is 1. The van der Waals surface area contributed by atoms with E-state index in [4.69, 9.17) is 14.2 Å². The lowest BCUT2D eigenvalue weighted by molar-refractivity contribution is -0.137. The van der Waals surface area contributed by atoms with Crippen LogP contribution in [0.15, 0.2) is 0 Å². The van der Waals surface area contributed by atoms with Crippen LogP contribution in [0.5, 0.6) is 0 Å². The molecule has 3 aliphatic heterocycles. The lowest BCUT2D eigenvalue weighted by Crippen LogP contribution is -2.51. The van der Waals surface area contributed by atoms with Gasteiger partial charge in [-0.15, -0.1) is 0 Å². The molecule has 0 spiro atoms. The Bertz CT molecular complexity index is 483. The number of hydrogen-bond donors (Lipinski definition) is 2. The average molecular weight is 313 g/mol. The second-order valence-corrected chi connectivity index (χ2v) is 6.62. The fourth-order valence-corrected chi connectivity index (χ4v) is 3.40. The lowest BCUT2D eigenvalue weighted by atomic mass is 10.1. The van der Waals surface area contributed by atoms with Gasteiger partial charge in [-0.1, -0.05) is 0 Å². The highest BCUT2D eigenvalue weighted by atomic mass is 16.7. The number of hydrogen-bond acceptors (Lipinski definition) is 6. The van der Waals surface area contributed by atoms with Crippen LogP contribution < -0.4 is 10.6 Å². The highest BCUT2D eigenvalue weighted by Gasteiger charge is 2.67. The van der Waals surface area contributed by atoms with Crippen LogP contribution in [0.3, 0.4) is 0 Å². The normalized spacial score (nSPS) is 43.2. The van der Waals surface area contributed by atoms with E-state index in [-0.39, 0.29) is 30.5 Å². The minimum absolute atomic E-state index is 0.108. The Morgan fingerprint density at radius 2 is 1.59 bits per heavy atom. The fraction of sp³-hybridized carbons (Fsp3) is 0.857. The molecule has 22 heavy (non-hydrogen) atoms. The molecule has 0 radical (unpaired) electrons. The van der Waals surface area contributed by atoms with E-state index >= 15 is 0 Å². The zero-order valence-corrected chi connectivity index (χ0v) is 13.3. The number of carbonyl (C=O) groups is 2. The average Bonchev–Trinajstić information content (AvgIpc) is 3.03. The monoisotopic (exact) mass is 313 g/mol. The minimum atomic E-state index is -0.646. The molecule has 3 saturated heterocycles. The summed E-state index contributed by atoms with van der Waals surface area (Å²) in [6.45, 7) is 7.98. The van der Waals surface area contributed by atoms with Crippen LogP contribution in [0.25, 0.3) is 0 Å². The van der Waals surface area contributed by atoms with Crippen molar-refractivity contribution in [3.63, 3.8) is 0 Å². The second kappa shape index (κ2) is 5.16. The van der Waals surface area contributed by atoms with Crippen LogP contribution in [-0.4, -0.2) is 66.3 Å². The third-order valence-electron chi connectivity index (χ3n) is 4.48. The molecule has 2 N–H and O–H groups in total. The predicted octanol–water partition coefficient (Wildman–Crippen LogP) is -0.853. The van der Waals surface area contributed by atoms with Gasteiger partial charge in [0.05, 0.1) is 19.7 Å². The lowest BCUT2D eigenvalue weighted by Gasteiger charge is -2.32. The van der Waals surface area contributed by atoms with Crippen LogP contribution in [0.4, 0.5) is 0 Å². The van der Waals surface area contributed by atoms with E-state index in [1.165, 1.54) is 13.8 Å². The van der Waals surface area contributed by atoms with Crippen molar-refractivity contribution in [1.29, 1.82) is 0 Å². The molecular weight excluding hydrogens is 290 g/mol. The van der Waals surface area contributed by atoms with E-state index in [1.54, 1.807) is 0 Å². The van der Waals surface area contributed by atoms with Gasteiger partial charge in [0.1, 0.15) is 29.9 Å². The molecule has 0 aromatic carbocycles. The first-order valence-electron chi connectivity index (χ1n) is 7.49. The highest BCUT2D eigenvalue weighted by Crippen LogP contribution is 2.48. The first-order valence-corrected chi connectivity index (χ1v) is 7.49. The standard InChI is InChI=1S/C14H23N3O5/c1-8(18)15-6-13(3)11-17-10(5-20-11)21-14(4,12(17)22-13)7-16-9(2)19/h10-12H,5-7H2,1-4H3,(H,15,18)(H,16,19)/t10-,11-,12-,13+,14+/m0/s1. The van der Waals surface area contributed by atoms with Crippen LogP contribution >= 0.6 is 0 Å². The van der Waals surface area contributed by atoms with E-state index in [1.807, 2.05) is 13.8 Å². The van der Waals surface area contributed by atoms with Crippen LogP contribution in [0.1, 0.15) is 27.7 Å². The molecule has 0 bridgehead atoms. The van der Waals surface area contributed by atoms with Gasteiger partial charge in [0.25, 0.3) is 0 Å². The third kappa shape index (κ3) is 2.40. The molecule has 8 nitrogen and oxygen atoms in total. The van der Waals surface area contributed by atoms with Crippen LogP contribution in [0, 0.1) is 0 Å². The molecule has 3 rings (SSSR count). The molecule has 0 unspecified atom stereocenters. The van der Waals surface area contributed by atoms with Crippen molar-refractivity contribution in [3.8, 4) is 0 Å². The summed E-state index contributed by atoms with van der Waals surface area (Å²) in [5, 5.41) is 5.59. The summed E-state index contributed by atoms with van der Waals surface area (Å²) in [4.78, 5) is 24.5. The number of amides is 2. The van der Waals surface area contributed by atoms with Crippen molar-refractivity contribution in [2.75, 3.05) is 19.7 Å². The molecule has 3 aliphatic rings. The Balaban J connectivity index is 1.78. The predicted molar refractivity (Wildman–Crippen MR) is 75.5 cm³/mol. The first-order chi connectivity index (χ1) is 10.3. The van der Waals surface area contributed by atoms with Gasteiger partial charge in [0.2, 0.25) is 11.8 Å². The summed E-state index contributed by atoms with van der Waals surface area (Å²) >= 11 is 0. The maximum absolute atomic E-state index is 11.2. The van der Waals surface area contributed by atoms with E-state index in [0.717, 1.165) is 0 Å². The zero-order valence-electron chi connectivity index (χ0n) is 13.3. The molecule has 5 atom stereocenters. The van der Waals surface area contributed by atoms with Gasteiger partial charge in [-0.25, -0.2) is 4.90 Å². The molecule has 3 heterocycles. The summed E-state index contributed by atoms with van der Waals surface area (Å²) in [7, 11) is 0. The summed E-state index contributed by atoms with van der Waals surface area (Å²) < 4.78 is 18.1. The van der Waals surface area contributed by atoms with Crippen molar-refractivity contribution in [2.24, 2.45) is 0 Å². The Morgan fingerprint density at radius 3 is 2.14 bits per heavy atom. The largest absolute Gasteiger partial charge is 0.356 e. The Labute approximate surface area is 129 Å². The first kappa shape index (κ1) is 15.7. The van der Waals surface area contributed by atoms with Gasteiger partial charge >= 0.3 is 0 Å².